The van der Waals surface area contributed by atoms with Crippen molar-refractivity contribution >= 4 is 17.7 Å². The summed E-state index contributed by atoms with van der Waals surface area (Å²) < 4.78 is 0. The van der Waals surface area contributed by atoms with Gasteiger partial charge in [0, 0.05) is 0 Å². The van der Waals surface area contributed by atoms with E-state index in [0.29, 0.717) is 5.69 Å². The van der Waals surface area contributed by atoms with E-state index in [1.165, 1.54) is 0 Å². The molecule has 0 heterocycles. The molecule has 0 fully saturated rings. The zero-order valence-corrected chi connectivity index (χ0v) is 9.96. The summed E-state index contributed by atoms with van der Waals surface area (Å²) in [7, 11) is 0. The van der Waals surface area contributed by atoms with E-state index in [2.05, 4.69) is 11.2 Å². The average Bonchev–Trinajstić information content (AvgIpc) is 2.38. The van der Waals surface area contributed by atoms with Gasteiger partial charge in [-0.05, 0) is 12.1 Å². The fourth-order valence-corrected chi connectivity index (χ4v) is 1.36. The number of aliphatic carboxylic acids is 1. The van der Waals surface area contributed by atoms with Crippen LogP contribution in [0, 0.1) is 23.7 Å². The lowest BCUT2D eigenvalue weighted by Crippen LogP contribution is -2.39. The van der Waals surface area contributed by atoms with Crippen LogP contribution in [0.4, 0.5) is 10.5 Å². The Kier molecular flexibility index (Phi) is 4.94. The van der Waals surface area contributed by atoms with E-state index in [1.54, 1.807) is 24.3 Å². The number of terminal acetylenes is 1. The molecule has 0 aliphatic carbocycles. The monoisotopic (exact) mass is 257 g/mol. The van der Waals surface area contributed by atoms with E-state index in [1.807, 2.05) is 6.07 Å². The molecule has 6 nitrogen and oxygen atoms in total. The number of carboxylic acid groups (broad SMARTS) is 1. The SMILES string of the molecule is C#CCN(CC(=O)O)C(=O)Nc1ccccc1C#N. The van der Waals surface area contributed by atoms with Crippen molar-refractivity contribution in [3.05, 3.63) is 29.8 Å². The molecule has 19 heavy (non-hydrogen) atoms. The second-order valence-corrected chi connectivity index (χ2v) is 3.54. The zero-order valence-electron chi connectivity index (χ0n) is 9.96. The van der Waals surface area contributed by atoms with Crippen LogP contribution in [0.1, 0.15) is 5.56 Å². The molecule has 1 aromatic rings. The minimum atomic E-state index is -1.17. The lowest BCUT2D eigenvalue weighted by molar-refractivity contribution is -0.137. The van der Waals surface area contributed by atoms with Crippen molar-refractivity contribution in [3.8, 4) is 18.4 Å². The van der Waals surface area contributed by atoms with Crippen LogP contribution >= 0.6 is 0 Å². The van der Waals surface area contributed by atoms with Gasteiger partial charge in [0.15, 0.2) is 0 Å². The average molecular weight is 257 g/mol. The highest BCUT2D eigenvalue weighted by Gasteiger charge is 2.16. The van der Waals surface area contributed by atoms with Crippen molar-refractivity contribution in [3.63, 3.8) is 0 Å². The van der Waals surface area contributed by atoms with E-state index < -0.39 is 18.5 Å². The van der Waals surface area contributed by atoms with Crippen molar-refractivity contribution in [2.75, 3.05) is 18.4 Å². The molecule has 0 aromatic heterocycles. The van der Waals surface area contributed by atoms with Crippen LogP contribution in [0.2, 0.25) is 0 Å². The molecule has 2 N–H and O–H groups in total. The molecule has 6 heteroatoms. The lowest BCUT2D eigenvalue weighted by atomic mass is 10.2. The minimum absolute atomic E-state index is 0.132. The standard InChI is InChI=1S/C13H11N3O3/c1-2-7-16(9-12(17)18)13(19)15-11-6-4-3-5-10(11)8-14/h1,3-6H,7,9H2,(H,15,19)(H,17,18). The predicted molar refractivity (Wildman–Crippen MR) is 68.2 cm³/mol. The number of nitriles is 1. The minimum Gasteiger partial charge on any atom is -0.480 e. The van der Waals surface area contributed by atoms with Crippen molar-refractivity contribution < 1.29 is 14.7 Å². The maximum Gasteiger partial charge on any atom is 0.323 e. The van der Waals surface area contributed by atoms with Gasteiger partial charge in [-0.2, -0.15) is 5.26 Å². The Bertz CT molecular complexity index is 569. The van der Waals surface area contributed by atoms with Gasteiger partial charge >= 0.3 is 12.0 Å². The predicted octanol–water partition coefficient (Wildman–Crippen LogP) is 1.11. The molecule has 0 saturated carbocycles. The Morgan fingerprint density at radius 1 is 1.42 bits per heavy atom. The maximum absolute atomic E-state index is 11.9. The Balaban J connectivity index is 2.85. The first-order valence-electron chi connectivity index (χ1n) is 5.28. The number of amides is 2. The summed E-state index contributed by atoms with van der Waals surface area (Å²) in [6.45, 7) is -0.641. The summed E-state index contributed by atoms with van der Waals surface area (Å²) >= 11 is 0. The summed E-state index contributed by atoms with van der Waals surface area (Å²) in [4.78, 5) is 23.4. The molecule has 0 aliphatic rings. The summed E-state index contributed by atoms with van der Waals surface area (Å²) in [6, 6.07) is 7.66. The number of carbonyl (C=O) groups excluding carboxylic acids is 1. The number of carboxylic acids is 1. The van der Waals surface area contributed by atoms with Crippen LogP contribution in [0.3, 0.4) is 0 Å². The summed E-state index contributed by atoms with van der Waals surface area (Å²) in [6.07, 6.45) is 5.08. The third-order valence-corrected chi connectivity index (χ3v) is 2.18. The topological polar surface area (TPSA) is 93.4 Å². The highest BCUT2D eigenvalue weighted by atomic mass is 16.4. The number of benzene rings is 1. The Morgan fingerprint density at radius 3 is 2.68 bits per heavy atom. The van der Waals surface area contributed by atoms with Gasteiger partial charge in [-0.15, -0.1) is 6.42 Å². The van der Waals surface area contributed by atoms with Crippen molar-refractivity contribution in [2.45, 2.75) is 0 Å². The molecule has 0 unspecified atom stereocenters. The van der Waals surface area contributed by atoms with Crippen LogP contribution in [0.5, 0.6) is 0 Å². The quantitative estimate of drug-likeness (QED) is 0.790. The molecule has 0 radical (unpaired) electrons. The number of hydrogen-bond donors (Lipinski definition) is 2. The van der Waals surface area contributed by atoms with Crippen LogP contribution in [-0.4, -0.2) is 35.1 Å². The molecule has 0 bridgehead atoms. The number of urea groups is 1. The summed E-state index contributed by atoms with van der Waals surface area (Å²) in [5.41, 5.74) is 0.592. The number of nitrogens with zero attached hydrogens (tertiary/aromatic N) is 2. The van der Waals surface area contributed by atoms with Crippen molar-refractivity contribution in [1.29, 1.82) is 5.26 Å². The van der Waals surface area contributed by atoms with Crippen LogP contribution in [-0.2, 0) is 4.79 Å². The Labute approximate surface area is 110 Å². The molecule has 1 rings (SSSR count). The molecule has 2 amide bonds. The number of para-hydroxylation sites is 1. The Hall–Kier alpha value is -2.99. The van der Waals surface area contributed by atoms with Crippen LogP contribution < -0.4 is 5.32 Å². The molecule has 0 saturated heterocycles. The Morgan fingerprint density at radius 2 is 2.11 bits per heavy atom. The maximum atomic E-state index is 11.9. The smallest absolute Gasteiger partial charge is 0.323 e. The van der Waals surface area contributed by atoms with Gasteiger partial charge in [0.05, 0.1) is 17.8 Å². The molecule has 1 aromatic carbocycles. The second kappa shape index (κ2) is 6.67. The molecule has 96 valence electrons. The van der Waals surface area contributed by atoms with E-state index in [0.717, 1.165) is 4.90 Å². The summed E-state index contributed by atoms with van der Waals surface area (Å²) in [5.74, 6) is 1.04. The third kappa shape index (κ3) is 4.06. The lowest BCUT2D eigenvalue weighted by Gasteiger charge is -2.18. The number of nitrogens with one attached hydrogen (secondary N) is 1. The molecular formula is C13H11N3O3. The second-order valence-electron chi connectivity index (χ2n) is 3.54. The normalized spacial score (nSPS) is 8.95. The molecule has 0 aliphatic heterocycles. The molecular weight excluding hydrogens is 246 g/mol. The third-order valence-electron chi connectivity index (χ3n) is 2.18. The number of rotatable bonds is 4. The van der Waals surface area contributed by atoms with Crippen LogP contribution in [0.25, 0.3) is 0 Å². The van der Waals surface area contributed by atoms with Crippen molar-refractivity contribution in [2.24, 2.45) is 0 Å². The highest BCUT2D eigenvalue weighted by Crippen LogP contribution is 2.14. The first-order chi connectivity index (χ1) is 9.08. The van der Waals surface area contributed by atoms with Gasteiger partial charge in [0.25, 0.3) is 0 Å². The van der Waals surface area contributed by atoms with Gasteiger partial charge in [-0.25, -0.2) is 4.79 Å². The van der Waals surface area contributed by atoms with Gasteiger partial charge in [0.2, 0.25) is 0 Å². The summed E-state index contributed by atoms with van der Waals surface area (Å²) in [5, 5.41) is 20.0. The molecule has 0 spiro atoms. The largest absolute Gasteiger partial charge is 0.480 e. The fraction of sp³-hybridized carbons (Fsp3) is 0.154. The van der Waals surface area contributed by atoms with E-state index >= 15 is 0 Å². The van der Waals surface area contributed by atoms with Crippen LogP contribution in [0.15, 0.2) is 24.3 Å². The first-order valence-corrected chi connectivity index (χ1v) is 5.28. The van der Waals surface area contributed by atoms with Crippen molar-refractivity contribution in [1.82, 2.24) is 4.90 Å². The fourth-order valence-electron chi connectivity index (χ4n) is 1.36. The van der Waals surface area contributed by atoms with Gasteiger partial charge in [-0.3, -0.25) is 4.79 Å². The number of hydrogen-bond acceptors (Lipinski definition) is 3. The van der Waals surface area contributed by atoms with Gasteiger partial charge < -0.3 is 15.3 Å². The van der Waals surface area contributed by atoms with Gasteiger partial charge in [-0.1, -0.05) is 18.1 Å². The van der Waals surface area contributed by atoms with E-state index in [4.69, 9.17) is 16.8 Å². The number of anilines is 1. The highest BCUT2D eigenvalue weighted by molar-refractivity contribution is 5.92. The number of carbonyl (C=O) groups is 2. The van der Waals surface area contributed by atoms with Gasteiger partial charge in [0.1, 0.15) is 12.6 Å². The molecule has 0 atom stereocenters. The van der Waals surface area contributed by atoms with E-state index in [9.17, 15) is 9.59 Å². The van der Waals surface area contributed by atoms with E-state index in [-0.39, 0.29) is 12.1 Å². The first kappa shape index (κ1) is 14.1. The zero-order chi connectivity index (χ0) is 14.3.